The molecule has 4 rings (SSSR count). The Morgan fingerprint density at radius 1 is 1.07 bits per heavy atom. The van der Waals surface area contributed by atoms with E-state index in [1.807, 2.05) is 26.0 Å². The first-order chi connectivity index (χ1) is 14.3. The summed E-state index contributed by atoms with van der Waals surface area (Å²) >= 11 is 6.25. The van der Waals surface area contributed by atoms with Gasteiger partial charge in [-0.1, -0.05) is 31.5 Å². The van der Waals surface area contributed by atoms with Gasteiger partial charge in [-0.25, -0.2) is 8.78 Å². The Hall–Kier alpha value is -3.12. The number of rotatable bonds is 5. The van der Waals surface area contributed by atoms with Crippen molar-refractivity contribution >= 4 is 34.2 Å². The second-order valence-corrected chi connectivity index (χ2v) is 7.72. The van der Waals surface area contributed by atoms with Crippen molar-refractivity contribution in [3.05, 3.63) is 88.0 Å². The number of carbonyl (C=O) groups is 1. The number of nitrogens with one attached hydrogen (secondary N) is 1. The average Bonchev–Trinajstić information content (AvgIpc) is 3.32. The summed E-state index contributed by atoms with van der Waals surface area (Å²) < 4.78 is 39.1. The summed E-state index contributed by atoms with van der Waals surface area (Å²) in [4.78, 5) is 12.4. The van der Waals surface area contributed by atoms with Gasteiger partial charge in [0, 0.05) is 28.3 Å². The topological polar surface area (TPSA) is 55.4 Å². The SMILES string of the molecule is CC(C)c1cc2cc(Cl)cc(Cc3ccc(C(=O)Nc4c(F)cccc4F)o3)c2o1. The third-order valence-electron chi connectivity index (χ3n) is 4.70. The molecule has 0 bridgehead atoms. The van der Waals surface area contributed by atoms with Crippen LogP contribution in [-0.4, -0.2) is 5.91 Å². The van der Waals surface area contributed by atoms with Gasteiger partial charge in [0.15, 0.2) is 5.76 Å². The predicted molar refractivity (Wildman–Crippen MR) is 111 cm³/mol. The summed E-state index contributed by atoms with van der Waals surface area (Å²) in [5.74, 6) is -0.984. The summed E-state index contributed by atoms with van der Waals surface area (Å²) in [6.07, 6.45) is 0.337. The molecule has 0 saturated heterocycles. The maximum Gasteiger partial charge on any atom is 0.291 e. The van der Waals surface area contributed by atoms with Crippen molar-refractivity contribution in [2.75, 3.05) is 5.32 Å². The lowest BCUT2D eigenvalue weighted by Gasteiger charge is -2.06. The number of para-hydroxylation sites is 1. The smallest absolute Gasteiger partial charge is 0.291 e. The Labute approximate surface area is 176 Å². The molecule has 0 aliphatic heterocycles. The van der Waals surface area contributed by atoms with Crippen LogP contribution in [0.25, 0.3) is 11.0 Å². The van der Waals surface area contributed by atoms with E-state index < -0.39 is 23.2 Å². The molecule has 0 atom stereocenters. The van der Waals surface area contributed by atoms with Crippen molar-refractivity contribution in [1.82, 2.24) is 0 Å². The van der Waals surface area contributed by atoms with Crippen molar-refractivity contribution in [1.29, 1.82) is 0 Å². The van der Waals surface area contributed by atoms with Crippen molar-refractivity contribution in [3.63, 3.8) is 0 Å². The summed E-state index contributed by atoms with van der Waals surface area (Å²) in [5.41, 5.74) is 0.999. The molecular formula is C23H18ClF2NO3. The van der Waals surface area contributed by atoms with E-state index in [1.54, 1.807) is 12.1 Å². The number of carbonyl (C=O) groups excluding carboxylic acids is 1. The molecule has 0 spiro atoms. The molecule has 0 aliphatic rings. The number of benzene rings is 2. The zero-order valence-electron chi connectivity index (χ0n) is 16.3. The van der Waals surface area contributed by atoms with Gasteiger partial charge in [-0.05, 0) is 42.5 Å². The molecule has 0 aliphatic carbocycles. The second kappa shape index (κ2) is 7.95. The van der Waals surface area contributed by atoms with Crippen LogP contribution in [0.2, 0.25) is 5.02 Å². The van der Waals surface area contributed by atoms with Crippen LogP contribution in [0.1, 0.15) is 47.4 Å². The van der Waals surface area contributed by atoms with Crippen molar-refractivity contribution in [3.8, 4) is 0 Å². The Morgan fingerprint density at radius 2 is 1.80 bits per heavy atom. The van der Waals surface area contributed by atoms with Crippen molar-refractivity contribution in [2.24, 2.45) is 0 Å². The summed E-state index contributed by atoms with van der Waals surface area (Å²) in [6.45, 7) is 4.07. The van der Waals surface area contributed by atoms with Gasteiger partial charge in [0.25, 0.3) is 5.91 Å². The van der Waals surface area contributed by atoms with E-state index in [-0.39, 0.29) is 11.7 Å². The third-order valence-corrected chi connectivity index (χ3v) is 4.92. The van der Waals surface area contributed by atoms with Crippen LogP contribution in [0, 0.1) is 11.6 Å². The van der Waals surface area contributed by atoms with Crippen LogP contribution in [0.4, 0.5) is 14.5 Å². The number of amides is 1. The van der Waals surface area contributed by atoms with Crippen LogP contribution in [0.15, 0.2) is 57.4 Å². The Balaban J connectivity index is 1.58. The molecule has 0 radical (unpaired) electrons. The lowest BCUT2D eigenvalue weighted by molar-refractivity contribution is 0.0994. The van der Waals surface area contributed by atoms with E-state index in [0.717, 1.165) is 28.8 Å². The first-order valence-electron chi connectivity index (χ1n) is 9.37. The zero-order valence-corrected chi connectivity index (χ0v) is 17.0. The van der Waals surface area contributed by atoms with Gasteiger partial charge in [-0.3, -0.25) is 4.79 Å². The molecule has 1 amide bonds. The highest BCUT2D eigenvalue weighted by atomic mass is 35.5. The van der Waals surface area contributed by atoms with Crippen LogP contribution in [0.3, 0.4) is 0 Å². The quantitative estimate of drug-likeness (QED) is 0.374. The molecule has 4 nitrogen and oxygen atoms in total. The van der Waals surface area contributed by atoms with Crippen LogP contribution in [0.5, 0.6) is 0 Å². The van der Waals surface area contributed by atoms with Gasteiger partial charge in [0.05, 0.1) is 0 Å². The van der Waals surface area contributed by atoms with Crippen LogP contribution >= 0.6 is 11.6 Å². The predicted octanol–water partition coefficient (Wildman–Crippen LogP) is 6.92. The van der Waals surface area contributed by atoms with E-state index in [1.165, 1.54) is 12.1 Å². The molecule has 154 valence electrons. The number of hydrogen-bond donors (Lipinski definition) is 1. The molecule has 0 unspecified atom stereocenters. The minimum absolute atomic E-state index is 0.0618. The highest BCUT2D eigenvalue weighted by molar-refractivity contribution is 6.31. The fourth-order valence-electron chi connectivity index (χ4n) is 3.20. The normalized spacial score (nSPS) is 11.4. The highest BCUT2D eigenvalue weighted by Gasteiger charge is 2.18. The maximum absolute atomic E-state index is 13.8. The minimum Gasteiger partial charge on any atom is -0.461 e. The number of anilines is 1. The molecule has 2 aromatic heterocycles. The van der Waals surface area contributed by atoms with Gasteiger partial charge in [-0.15, -0.1) is 0 Å². The fourth-order valence-corrected chi connectivity index (χ4v) is 3.45. The molecule has 2 heterocycles. The summed E-state index contributed by atoms with van der Waals surface area (Å²) in [6, 6.07) is 12.0. The monoisotopic (exact) mass is 429 g/mol. The van der Waals surface area contributed by atoms with E-state index >= 15 is 0 Å². The zero-order chi connectivity index (χ0) is 21.4. The van der Waals surface area contributed by atoms with Gasteiger partial charge in [0.1, 0.15) is 34.4 Å². The van der Waals surface area contributed by atoms with E-state index in [2.05, 4.69) is 5.32 Å². The minimum atomic E-state index is -0.866. The summed E-state index contributed by atoms with van der Waals surface area (Å²) in [7, 11) is 0. The number of halogens is 3. The first-order valence-corrected chi connectivity index (χ1v) is 9.75. The molecule has 0 fully saturated rings. The van der Waals surface area contributed by atoms with Gasteiger partial charge < -0.3 is 14.2 Å². The second-order valence-electron chi connectivity index (χ2n) is 7.28. The van der Waals surface area contributed by atoms with Crippen LogP contribution in [-0.2, 0) is 6.42 Å². The van der Waals surface area contributed by atoms with Crippen molar-refractivity contribution < 1.29 is 22.4 Å². The molecular weight excluding hydrogens is 412 g/mol. The van der Waals surface area contributed by atoms with Crippen LogP contribution < -0.4 is 5.32 Å². The average molecular weight is 430 g/mol. The van der Waals surface area contributed by atoms with E-state index in [9.17, 15) is 13.6 Å². The molecule has 4 aromatic rings. The van der Waals surface area contributed by atoms with E-state index in [0.29, 0.717) is 22.8 Å². The Kier molecular flexibility index (Phi) is 5.35. The summed E-state index contributed by atoms with van der Waals surface area (Å²) in [5, 5.41) is 3.66. The van der Waals surface area contributed by atoms with Gasteiger partial charge in [-0.2, -0.15) is 0 Å². The van der Waals surface area contributed by atoms with Crippen molar-refractivity contribution in [2.45, 2.75) is 26.2 Å². The number of furan rings is 2. The standard InChI is InChI=1S/C23H18ClF2NO3/c1-12(2)20-11-14-9-15(24)8-13(22(14)30-20)10-16-6-7-19(29-16)23(28)27-21-17(25)4-3-5-18(21)26/h3-9,11-12H,10H2,1-2H3,(H,27,28). The van der Waals surface area contributed by atoms with Gasteiger partial charge in [0.2, 0.25) is 0 Å². The van der Waals surface area contributed by atoms with Gasteiger partial charge >= 0.3 is 0 Å². The molecule has 1 N–H and O–H groups in total. The molecule has 0 saturated carbocycles. The highest BCUT2D eigenvalue weighted by Crippen LogP contribution is 2.32. The Bertz CT molecular complexity index is 1220. The lowest BCUT2D eigenvalue weighted by Crippen LogP contribution is -2.13. The number of fused-ring (bicyclic) bond motifs is 1. The Morgan fingerprint density at radius 3 is 2.50 bits per heavy atom. The molecule has 2 aromatic carbocycles. The third kappa shape index (κ3) is 3.96. The fraction of sp³-hybridized carbons (Fsp3) is 0.174. The first kappa shape index (κ1) is 20.2. The lowest BCUT2D eigenvalue weighted by atomic mass is 10.1. The largest absolute Gasteiger partial charge is 0.461 e. The maximum atomic E-state index is 13.8. The number of hydrogen-bond acceptors (Lipinski definition) is 3. The molecule has 30 heavy (non-hydrogen) atoms. The van der Waals surface area contributed by atoms with E-state index in [4.69, 9.17) is 20.4 Å². The molecule has 7 heteroatoms.